The summed E-state index contributed by atoms with van der Waals surface area (Å²) in [4.78, 5) is 14.9. The molecule has 0 radical (unpaired) electrons. The minimum absolute atomic E-state index is 0.144. The predicted octanol–water partition coefficient (Wildman–Crippen LogP) is 1.31. The van der Waals surface area contributed by atoms with Gasteiger partial charge < -0.3 is 10.0 Å². The van der Waals surface area contributed by atoms with Crippen molar-refractivity contribution in [1.29, 1.82) is 5.26 Å². The number of nitrogens with zero attached hydrogens (tertiary/aromatic N) is 5. The summed E-state index contributed by atoms with van der Waals surface area (Å²) in [6.07, 6.45) is 3.55. The van der Waals surface area contributed by atoms with E-state index in [1.807, 2.05) is 36.1 Å². The van der Waals surface area contributed by atoms with E-state index in [0.29, 0.717) is 18.9 Å². The average molecular weight is 281 g/mol. The second-order valence-electron chi connectivity index (χ2n) is 5.34. The fraction of sp³-hybridized carbons (Fsp3) is 0.333. The number of rotatable bonds is 3. The maximum absolute atomic E-state index is 10.1. The Balaban J connectivity index is 1.86. The third kappa shape index (κ3) is 2.69. The van der Waals surface area contributed by atoms with E-state index in [1.165, 1.54) is 0 Å². The van der Waals surface area contributed by atoms with Gasteiger partial charge in [-0.2, -0.15) is 5.26 Å². The van der Waals surface area contributed by atoms with E-state index in [-0.39, 0.29) is 6.42 Å². The summed E-state index contributed by atoms with van der Waals surface area (Å²) in [6, 6.07) is 7.62. The molecule has 0 aromatic carbocycles. The Hall–Kier alpha value is -2.52. The zero-order chi connectivity index (χ0) is 14.9. The van der Waals surface area contributed by atoms with Gasteiger partial charge in [0.15, 0.2) is 5.82 Å². The van der Waals surface area contributed by atoms with E-state index in [0.717, 1.165) is 17.1 Å². The van der Waals surface area contributed by atoms with Crippen LogP contribution in [0, 0.1) is 18.3 Å². The van der Waals surface area contributed by atoms with Gasteiger partial charge in [-0.1, -0.05) is 0 Å². The van der Waals surface area contributed by atoms with Gasteiger partial charge in [-0.05, 0) is 19.1 Å². The number of hydrogen-bond acceptors (Lipinski definition) is 6. The number of aryl methyl sites for hydroxylation is 1. The number of hydrogen-bond donors (Lipinski definition) is 1. The molecule has 1 aliphatic heterocycles. The highest BCUT2D eigenvalue weighted by Gasteiger charge is 2.41. The molecule has 1 saturated heterocycles. The Kier molecular flexibility index (Phi) is 3.28. The standard InChI is InChI=1S/C15H15N5O/c1-11-8-13(20-9-15(21,10-20)4-5-16)19-14(18-11)12-2-6-17-7-3-12/h2-3,6-8,21H,4,9-10H2,1H3. The zero-order valence-electron chi connectivity index (χ0n) is 11.7. The maximum Gasteiger partial charge on any atom is 0.161 e. The number of aromatic nitrogens is 3. The minimum atomic E-state index is -0.912. The lowest BCUT2D eigenvalue weighted by Gasteiger charge is -2.46. The molecule has 0 bridgehead atoms. The van der Waals surface area contributed by atoms with Gasteiger partial charge in [0.05, 0.1) is 25.6 Å². The third-order valence-corrected chi connectivity index (χ3v) is 3.48. The topological polar surface area (TPSA) is 85.9 Å². The van der Waals surface area contributed by atoms with E-state index in [9.17, 15) is 5.11 Å². The van der Waals surface area contributed by atoms with Crippen molar-refractivity contribution >= 4 is 5.82 Å². The molecule has 21 heavy (non-hydrogen) atoms. The first-order valence-electron chi connectivity index (χ1n) is 6.70. The molecule has 3 heterocycles. The maximum atomic E-state index is 10.1. The SMILES string of the molecule is Cc1cc(N2CC(O)(CC#N)C2)nc(-c2ccncc2)n1. The van der Waals surface area contributed by atoms with Crippen LogP contribution in [-0.2, 0) is 0 Å². The van der Waals surface area contributed by atoms with Gasteiger partial charge in [0.2, 0.25) is 0 Å². The van der Waals surface area contributed by atoms with Crippen molar-refractivity contribution in [2.75, 3.05) is 18.0 Å². The van der Waals surface area contributed by atoms with E-state index in [4.69, 9.17) is 5.26 Å². The molecule has 0 aliphatic carbocycles. The summed E-state index contributed by atoms with van der Waals surface area (Å²) in [6.45, 7) is 2.76. The molecule has 2 aromatic heterocycles. The summed E-state index contributed by atoms with van der Waals surface area (Å²) in [5.74, 6) is 1.42. The van der Waals surface area contributed by atoms with Crippen LogP contribution in [0.1, 0.15) is 12.1 Å². The van der Waals surface area contributed by atoms with Gasteiger partial charge >= 0.3 is 0 Å². The molecular weight excluding hydrogens is 266 g/mol. The fourth-order valence-electron chi connectivity index (χ4n) is 2.43. The van der Waals surface area contributed by atoms with Crippen molar-refractivity contribution in [2.45, 2.75) is 18.9 Å². The van der Waals surface area contributed by atoms with Crippen LogP contribution < -0.4 is 4.90 Å². The fourth-order valence-corrected chi connectivity index (χ4v) is 2.43. The molecule has 0 spiro atoms. The van der Waals surface area contributed by atoms with E-state index >= 15 is 0 Å². The second-order valence-corrected chi connectivity index (χ2v) is 5.34. The predicted molar refractivity (Wildman–Crippen MR) is 77.4 cm³/mol. The summed E-state index contributed by atoms with van der Waals surface area (Å²) in [7, 11) is 0. The quantitative estimate of drug-likeness (QED) is 0.913. The smallest absolute Gasteiger partial charge is 0.161 e. The van der Waals surface area contributed by atoms with E-state index in [2.05, 4.69) is 15.0 Å². The molecular formula is C15H15N5O. The van der Waals surface area contributed by atoms with Gasteiger partial charge in [-0.3, -0.25) is 4.98 Å². The summed E-state index contributed by atoms with van der Waals surface area (Å²) in [5, 5.41) is 18.8. The zero-order valence-corrected chi connectivity index (χ0v) is 11.7. The lowest BCUT2D eigenvalue weighted by atomic mass is 9.91. The molecule has 2 aromatic rings. The van der Waals surface area contributed by atoms with Crippen LogP contribution in [0.3, 0.4) is 0 Å². The van der Waals surface area contributed by atoms with Crippen molar-refractivity contribution in [3.8, 4) is 17.5 Å². The van der Waals surface area contributed by atoms with Crippen LogP contribution in [0.5, 0.6) is 0 Å². The average Bonchev–Trinajstić information content (AvgIpc) is 2.45. The van der Waals surface area contributed by atoms with Crippen LogP contribution in [0.4, 0.5) is 5.82 Å². The second kappa shape index (κ2) is 5.11. The van der Waals surface area contributed by atoms with Crippen molar-refractivity contribution in [3.63, 3.8) is 0 Å². The number of aliphatic hydroxyl groups is 1. The molecule has 0 amide bonds. The molecule has 1 fully saturated rings. The van der Waals surface area contributed by atoms with Crippen molar-refractivity contribution < 1.29 is 5.11 Å². The molecule has 6 nitrogen and oxygen atoms in total. The van der Waals surface area contributed by atoms with Crippen LogP contribution in [0.2, 0.25) is 0 Å². The van der Waals surface area contributed by atoms with Crippen LogP contribution in [0.15, 0.2) is 30.6 Å². The molecule has 0 saturated carbocycles. The van der Waals surface area contributed by atoms with E-state index < -0.39 is 5.60 Å². The number of nitriles is 1. The monoisotopic (exact) mass is 281 g/mol. The Morgan fingerprint density at radius 2 is 2.05 bits per heavy atom. The third-order valence-electron chi connectivity index (χ3n) is 3.48. The highest BCUT2D eigenvalue weighted by molar-refractivity contribution is 5.58. The number of pyridine rings is 1. The van der Waals surface area contributed by atoms with Gasteiger partial charge in [-0.15, -0.1) is 0 Å². The molecule has 0 unspecified atom stereocenters. The number of β-amino-alcohol motifs (C(OH)–C–C–N with tert-alkyl or cyclic N) is 1. The van der Waals surface area contributed by atoms with Gasteiger partial charge in [0, 0.05) is 29.7 Å². The molecule has 3 rings (SSSR count). The first kappa shape index (κ1) is 13.5. The van der Waals surface area contributed by atoms with Gasteiger partial charge in [-0.25, -0.2) is 9.97 Å². The normalized spacial score (nSPS) is 16.1. The summed E-state index contributed by atoms with van der Waals surface area (Å²) < 4.78 is 0. The highest BCUT2D eigenvalue weighted by atomic mass is 16.3. The van der Waals surface area contributed by atoms with Crippen molar-refractivity contribution in [1.82, 2.24) is 15.0 Å². The van der Waals surface area contributed by atoms with Crippen LogP contribution in [0.25, 0.3) is 11.4 Å². The Bertz CT molecular complexity index is 689. The lowest BCUT2D eigenvalue weighted by Crippen LogP contribution is -2.62. The molecule has 0 atom stereocenters. The minimum Gasteiger partial charge on any atom is -0.385 e. The number of anilines is 1. The first-order chi connectivity index (χ1) is 10.1. The summed E-state index contributed by atoms with van der Waals surface area (Å²) >= 11 is 0. The van der Waals surface area contributed by atoms with Crippen molar-refractivity contribution in [2.24, 2.45) is 0 Å². The van der Waals surface area contributed by atoms with Crippen LogP contribution >= 0.6 is 0 Å². The Morgan fingerprint density at radius 3 is 2.71 bits per heavy atom. The lowest BCUT2D eigenvalue weighted by molar-refractivity contribution is 0.0162. The molecule has 106 valence electrons. The Morgan fingerprint density at radius 1 is 1.33 bits per heavy atom. The first-order valence-corrected chi connectivity index (χ1v) is 6.70. The highest BCUT2D eigenvalue weighted by Crippen LogP contribution is 2.30. The molecule has 6 heteroatoms. The van der Waals surface area contributed by atoms with Crippen molar-refractivity contribution in [3.05, 3.63) is 36.3 Å². The molecule has 1 N–H and O–H groups in total. The summed E-state index contributed by atoms with van der Waals surface area (Å²) in [5.41, 5.74) is 0.857. The van der Waals surface area contributed by atoms with Crippen LogP contribution in [-0.4, -0.2) is 38.7 Å². The van der Waals surface area contributed by atoms with Gasteiger partial charge in [0.1, 0.15) is 11.4 Å². The van der Waals surface area contributed by atoms with Gasteiger partial charge in [0.25, 0.3) is 0 Å². The Labute approximate surface area is 122 Å². The van der Waals surface area contributed by atoms with E-state index in [1.54, 1.807) is 12.4 Å². The largest absolute Gasteiger partial charge is 0.385 e. The molecule has 1 aliphatic rings.